The molecule has 2 aromatic heterocycles. The molecule has 0 spiro atoms. The molecule has 1 atom stereocenters. The minimum absolute atomic E-state index is 0.233. The molecule has 0 aliphatic rings. The van der Waals surface area contributed by atoms with Crippen LogP contribution in [0.15, 0.2) is 6.20 Å². The lowest BCUT2D eigenvalue weighted by Crippen LogP contribution is -2.06. The fraction of sp³-hybridized carbons (Fsp3) is 0.455. The van der Waals surface area contributed by atoms with Crippen molar-refractivity contribution in [2.75, 3.05) is 19.5 Å². The number of pyridine rings is 1. The van der Waals surface area contributed by atoms with Crippen molar-refractivity contribution in [2.45, 2.75) is 19.8 Å². The Labute approximate surface area is 98.5 Å². The first kappa shape index (κ1) is 11.3. The maximum absolute atomic E-state index is 5.97. The minimum Gasteiger partial charge on any atom is -0.397 e. The van der Waals surface area contributed by atoms with Gasteiger partial charge in [-0.3, -0.25) is 0 Å². The number of hydrogen-bond donors (Lipinski definition) is 1. The summed E-state index contributed by atoms with van der Waals surface area (Å²) in [6.07, 6.45) is 1.71. The number of anilines is 1. The summed E-state index contributed by atoms with van der Waals surface area (Å²) in [5.41, 5.74) is 8.65. The maximum Gasteiger partial charge on any atom is 0.143 e. The molecule has 5 heteroatoms. The summed E-state index contributed by atoms with van der Waals surface area (Å²) in [5, 5.41) is 1.01. The molecule has 0 aliphatic carbocycles. The lowest BCUT2D eigenvalue weighted by Gasteiger charge is -2.13. The standard InChI is InChI=1S/C11H15N3OS/c1-6(5-15-3)9-8(12)4-13-11-10(9)14-7(2)16-11/h4,6H,5,12H2,1-3H3. The van der Waals surface area contributed by atoms with Crippen LogP contribution in [0.3, 0.4) is 0 Å². The van der Waals surface area contributed by atoms with Crippen LogP contribution in [0.2, 0.25) is 0 Å². The zero-order valence-corrected chi connectivity index (χ0v) is 10.5. The molecule has 2 aromatic rings. The van der Waals surface area contributed by atoms with E-state index in [-0.39, 0.29) is 5.92 Å². The van der Waals surface area contributed by atoms with E-state index in [4.69, 9.17) is 10.5 Å². The van der Waals surface area contributed by atoms with Gasteiger partial charge in [-0.2, -0.15) is 0 Å². The Morgan fingerprint density at radius 2 is 2.31 bits per heavy atom. The highest BCUT2D eigenvalue weighted by Gasteiger charge is 2.16. The summed E-state index contributed by atoms with van der Waals surface area (Å²) < 4.78 is 5.17. The average Bonchev–Trinajstić information content (AvgIpc) is 2.58. The normalized spacial score (nSPS) is 13.2. The van der Waals surface area contributed by atoms with Crippen LogP contribution < -0.4 is 5.73 Å². The average molecular weight is 237 g/mol. The number of thiazole rings is 1. The van der Waals surface area contributed by atoms with Crippen LogP contribution in [0.25, 0.3) is 10.3 Å². The van der Waals surface area contributed by atoms with E-state index in [1.165, 1.54) is 0 Å². The number of nitrogens with zero attached hydrogens (tertiary/aromatic N) is 2. The smallest absolute Gasteiger partial charge is 0.143 e. The highest BCUT2D eigenvalue weighted by atomic mass is 32.1. The van der Waals surface area contributed by atoms with E-state index in [9.17, 15) is 0 Å². The van der Waals surface area contributed by atoms with Crippen LogP contribution >= 0.6 is 11.3 Å². The van der Waals surface area contributed by atoms with Crippen molar-refractivity contribution in [3.63, 3.8) is 0 Å². The van der Waals surface area contributed by atoms with E-state index in [0.29, 0.717) is 12.3 Å². The van der Waals surface area contributed by atoms with E-state index in [1.54, 1.807) is 24.6 Å². The molecule has 0 radical (unpaired) electrons. The van der Waals surface area contributed by atoms with Gasteiger partial charge >= 0.3 is 0 Å². The third kappa shape index (κ3) is 1.88. The Morgan fingerprint density at radius 1 is 1.56 bits per heavy atom. The number of nitrogens with two attached hydrogens (primary N) is 1. The number of hydrogen-bond acceptors (Lipinski definition) is 5. The van der Waals surface area contributed by atoms with Crippen molar-refractivity contribution in [2.24, 2.45) is 0 Å². The lowest BCUT2D eigenvalue weighted by molar-refractivity contribution is 0.184. The van der Waals surface area contributed by atoms with Gasteiger partial charge in [0.15, 0.2) is 0 Å². The monoisotopic (exact) mass is 237 g/mol. The van der Waals surface area contributed by atoms with Gasteiger partial charge in [0.1, 0.15) is 10.3 Å². The first-order valence-corrected chi connectivity index (χ1v) is 5.95. The predicted molar refractivity (Wildman–Crippen MR) is 66.9 cm³/mol. The van der Waals surface area contributed by atoms with Gasteiger partial charge < -0.3 is 10.5 Å². The van der Waals surface area contributed by atoms with Crippen molar-refractivity contribution >= 4 is 27.4 Å². The van der Waals surface area contributed by atoms with Gasteiger partial charge in [-0.1, -0.05) is 18.3 Å². The molecule has 0 saturated carbocycles. The number of fused-ring (bicyclic) bond motifs is 1. The fourth-order valence-corrected chi connectivity index (χ4v) is 2.64. The third-order valence-electron chi connectivity index (χ3n) is 2.51. The largest absolute Gasteiger partial charge is 0.397 e. The van der Waals surface area contributed by atoms with Crippen molar-refractivity contribution in [1.29, 1.82) is 0 Å². The maximum atomic E-state index is 5.97. The fourth-order valence-electron chi connectivity index (χ4n) is 1.86. The summed E-state index contributed by atoms with van der Waals surface area (Å²) in [6, 6.07) is 0. The highest BCUT2D eigenvalue weighted by molar-refractivity contribution is 7.18. The summed E-state index contributed by atoms with van der Waals surface area (Å²) in [4.78, 5) is 9.74. The van der Waals surface area contributed by atoms with Crippen LogP contribution in [-0.4, -0.2) is 23.7 Å². The van der Waals surface area contributed by atoms with Crippen molar-refractivity contribution in [3.8, 4) is 0 Å². The molecule has 1 unspecified atom stereocenters. The second-order valence-electron chi connectivity index (χ2n) is 3.87. The molecule has 86 valence electrons. The predicted octanol–water partition coefficient (Wildman–Crippen LogP) is 2.33. The molecule has 2 heterocycles. The molecular weight excluding hydrogens is 222 g/mol. The molecule has 0 aliphatic heterocycles. The SMILES string of the molecule is COCC(C)c1c(N)cnc2sc(C)nc12. The van der Waals surface area contributed by atoms with Crippen molar-refractivity contribution < 1.29 is 4.74 Å². The number of aromatic nitrogens is 2. The van der Waals surface area contributed by atoms with Gasteiger partial charge in [0.05, 0.1) is 23.5 Å². The summed E-state index contributed by atoms with van der Waals surface area (Å²) in [6.45, 7) is 4.70. The second-order valence-corrected chi connectivity index (χ2v) is 5.05. The van der Waals surface area contributed by atoms with Crippen LogP contribution in [-0.2, 0) is 4.74 Å². The topological polar surface area (TPSA) is 61.0 Å². The molecular formula is C11H15N3OS. The van der Waals surface area contributed by atoms with E-state index >= 15 is 0 Å². The molecule has 0 saturated heterocycles. The van der Waals surface area contributed by atoms with Crippen molar-refractivity contribution in [1.82, 2.24) is 9.97 Å². The second kappa shape index (κ2) is 4.35. The summed E-state index contributed by atoms with van der Waals surface area (Å²) in [7, 11) is 1.69. The molecule has 0 amide bonds. The molecule has 2 N–H and O–H groups in total. The molecule has 0 bridgehead atoms. The Hall–Kier alpha value is -1.20. The first-order valence-electron chi connectivity index (χ1n) is 5.14. The van der Waals surface area contributed by atoms with Gasteiger partial charge in [-0.15, -0.1) is 0 Å². The van der Waals surface area contributed by atoms with E-state index < -0.39 is 0 Å². The Balaban J connectivity index is 2.60. The summed E-state index contributed by atoms with van der Waals surface area (Å²) in [5.74, 6) is 0.233. The first-order chi connectivity index (χ1) is 7.63. The number of ether oxygens (including phenoxy) is 1. The number of rotatable bonds is 3. The van der Waals surface area contributed by atoms with Gasteiger partial charge in [0.25, 0.3) is 0 Å². The molecule has 0 fully saturated rings. The van der Waals surface area contributed by atoms with E-state index in [1.807, 2.05) is 6.92 Å². The number of methoxy groups -OCH3 is 1. The Morgan fingerprint density at radius 3 is 3.00 bits per heavy atom. The molecule has 0 aromatic carbocycles. The molecule has 16 heavy (non-hydrogen) atoms. The third-order valence-corrected chi connectivity index (χ3v) is 3.39. The van der Waals surface area contributed by atoms with Crippen LogP contribution in [0, 0.1) is 6.92 Å². The van der Waals surface area contributed by atoms with Crippen LogP contribution in [0.4, 0.5) is 5.69 Å². The van der Waals surface area contributed by atoms with Gasteiger partial charge in [-0.05, 0) is 6.92 Å². The van der Waals surface area contributed by atoms with Gasteiger partial charge in [-0.25, -0.2) is 9.97 Å². The van der Waals surface area contributed by atoms with Crippen molar-refractivity contribution in [3.05, 3.63) is 16.8 Å². The highest BCUT2D eigenvalue weighted by Crippen LogP contribution is 2.31. The van der Waals surface area contributed by atoms with Gasteiger partial charge in [0.2, 0.25) is 0 Å². The zero-order valence-electron chi connectivity index (χ0n) is 9.65. The number of nitrogen functional groups attached to an aromatic ring is 1. The lowest BCUT2D eigenvalue weighted by atomic mass is 10.0. The van der Waals surface area contributed by atoms with E-state index in [2.05, 4.69) is 16.9 Å². The zero-order chi connectivity index (χ0) is 11.7. The van der Waals surface area contributed by atoms with Crippen LogP contribution in [0.1, 0.15) is 23.4 Å². The number of aryl methyl sites for hydroxylation is 1. The molecule has 4 nitrogen and oxygen atoms in total. The van der Waals surface area contributed by atoms with E-state index in [0.717, 1.165) is 20.9 Å². The molecule has 2 rings (SSSR count). The quantitative estimate of drug-likeness (QED) is 0.890. The minimum atomic E-state index is 0.233. The van der Waals surface area contributed by atoms with Crippen LogP contribution in [0.5, 0.6) is 0 Å². The Kier molecular flexibility index (Phi) is 3.07. The van der Waals surface area contributed by atoms with Gasteiger partial charge in [0, 0.05) is 18.6 Å². The Bertz CT molecular complexity index is 509. The summed E-state index contributed by atoms with van der Waals surface area (Å²) >= 11 is 1.59.